The number of ether oxygens (including phenoxy) is 1. The van der Waals surface area contributed by atoms with Crippen LogP contribution in [0.3, 0.4) is 0 Å². The largest absolute Gasteiger partial charge is 0.492 e. The van der Waals surface area contributed by atoms with Gasteiger partial charge in [-0.2, -0.15) is 0 Å². The van der Waals surface area contributed by atoms with E-state index in [1.165, 1.54) is 0 Å². The number of para-hydroxylation sites is 1. The van der Waals surface area contributed by atoms with Crippen molar-refractivity contribution in [3.8, 4) is 5.75 Å². The molecule has 2 N–H and O–H groups in total. The average Bonchev–Trinajstić information content (AvgIpc) is 2.74. The van der Waals surface area contributed by atoms with Crippen molar-refractivity contribution in [1.82, 2.24) is 10.2 Å². The lowest BCUT2D eigenvalue weighted by atomic mass is 10.0. The number of nitrogens with one attached hydrogen (secondary N) is 2. The van der Waals surface area contributed by atoms with Crippen LogP contribution in [0.2, 0.25) is 10.0 Å². The van der Waals surface area contributed by atoms with Crippen LogP contribution in [-0.2, 0) is 9.59 Å². The van der Waals surface area contributed by atoms with Crippen molar-refractivity contribution in [2.24, 2.45) is 0 Å². The van der Waals surface area contributed by atoms with Gasteiger partial charge in [-0.05, 0) is 49.6 Å². The number of halogens is 2. The van der Waals surface area contributed by atoms with Crippen LogP contribution in [0.4, 0.5) is 5.69 Å². The summed E-state index contributed by atoms with van der Waals surface area (Å²) in [5.41, 5.74) is 0.803. The predicted molar refractivity (Wildman–Crippen MR) is 124 cm³/mol. The molecule has 1 fully saturated rings. The van der Waals surface area contributed by atoms with E-state index in [2.05, 4.69) is 15.5 Å². The fraction of sp³-hybridized carbons (Fsp3) is 0.391. The Balaban J connectivity index is 1.28. The summed E-state index contributed by atoms with van der Waals surface area (Å²) >= 11 is 11.9. The van der Waals surface area contributed by atoms with Crippen LogP contribution in [0, 0.1) is 0 Å². The van der Waals surface area contributed by atoms with E-state index in [4.69, 9.17) is 27.9 Å². The first-order valence-corrected chi connectivity index (χ1v) is 11.2. The maximum atomic E-state index is 12.2. The number of benzene rings is 2. The highest BCUT2D eigenvalue weighted by molar-refractivity contribution is 6.35. The van der Waals surface area contributed by atoms with Crippen LogP contribution in [0.1, 0.15) is 25.7 Å². The lowest BCUT2D eigenvalue weighted by Crippen LogP contribution is -2.46. The lowest BCUT2D eigenvalue weighted by molar-refractivity contribution is -0.123. The Bertz CT molecular complexity index is 872. The molecule has 0 saturated carbocycles. The van der Waals surface area contributed by atoms with E-state index in [-0.39, 0.29) is 17.9 Å². The zero-order valence-corrected chi connectivity index (χ0v) is 18.8. The van der Waals surface area contributed by atoms with Gasteiger partial charge in [0.1, 0.15) is 5.75 Å². The molecule has 0 aliphatic carbocycles. The number of carbonyl (C=O) groups excluding carboxylic acids is 2. The van der Waals surface area contributed by atoms with E-state index in [1.807, 2.05) is 30.3 Å². The first-order valence-electron chi connectivity index (χ1n) is 10.4. The minimum Gasteiger partial charge on any atom is -0.492 e. The number of anilines is 1. The normalized spacial score (nSPS) is 14.8. The maximum Gasteiger partial charge on any atom is 0.238 e. The fourth-order valence-electron chi connectivity index (χ4n) is 3.47. The topological polar surface area (TPSA) is 70.7 Å². The molecule has 1 heterocycles. The van der Waals surface area contributed by atoms with Crippen LogP contribution >= 0.6 is 23.2 Å². The van der Waals surface area contributed by atoms with Crippen molar-refractivity contribution in [3.63, 3.8) is 0 Å². The van der Waals surface area contributed by atoms with E-state index >= 15 is 0 Å². The van der Waals surface area contributed by atoms with Gasteiger partial charge in [0.05, 0.1) is 18.2 Å². The third kappa shape index (κ3) is 8.05. The third-order valence-electron chi connectivity index (χ3n) is 5.08. The van der Waals surface area contributed by atoms with Gasteiger partial charge in [-0.25, -0.2) is 0 Å². The van der Waals surface area contributed by atoms with Crippen molar-refractivity contribution in [2.45, 2.75) is 31.7 Å². The summed E-state index contributed by atoms with van der Waals surface area (Å²) in [4.78, 5) is 26.5. The van der Waals surface area contributed by atoms with Crippen molar-refractivity contribution in [2.75, 3.05) is 31.6 Å². The molecule has 0 bridgehead atoms. The molecule has 2 amide bonds. The third-order valence-corrected chi connectivity index (χ3v) is 5.61. The number of nitrogens with zero attached hydrogens (tertiary/aromatic N) is 1. The fourth-order valence-corrected chi connectivity index (χ4v) is 3.93. The molecule has 6 nitrogen and oxygen atoms in total. The number of rotatable bonds is 9. The van der Waals surface area contributed by atoms with Crippen LogP contribution < -0.4 is 15.4 Å². The van der Waals surface area contributed by atoms with E-state index in [0.717, 1.165) is 31.6 Å². The lowest BCUT2D eigenvalue weighted by Gasteiger charge is -2.31. The number of amides is 2. The Morgan fingerprint density at radius 3 is 2.48 bits per heavy atom. The standard InChI is InChI=1S/C23H27Cl2N3O3/c24-17-8-9-21(20(25)15-17)31-14-4-7-22(29)26-19-10-12-28(13-11-19)16-23(30)27-18-5-2-1-3-6-18/h1-3,5-6,8-9,15,19H,4,7,10-14,16H2,(H,26,29)(H,27,30). The molecular formula is C23H27Cl2N3O3. The van der Waals surface area contributed by atoms with Crippen molar-refractivity contribution < 1.29 is 14.3 Å². The number of carbonyl (C=O) groups is 2. The number of hydrogen-bond donors (Lipinski definition) is 2. The Morgan fingerprint density at radius 1 is 1.03 bits per heavy atom. The summed E-state index contributed by atoms with van der Waals surface area (Å²) in [5.74, 6) is 0.565. The van der Waals surface area contributed by atoms with Gasteiger partial charge in [-0.3, -0.25) is 14.5 Å². The predicted octanol–water partition coefficient (Wildman–Crippen LogP) is 4.37. The molecule has 0 radical (unpaired) electrons. The van der Waals surface area contributed by atoms with Gasteiger partial charge in [0.25, 0.3) is 0 Å². The zero-order chi connectivity index (χ0) is 22.1. The second-order valence-corrected chi connectivity index (χ2v) is 8.40. The minimum absolute atomic E-state index is 0.0190. The summed E-state index contributed by atoms with van der Waals surface area (Å²) in [6, 6.07) is 14.6. The van der Waals surface area contributed by atoms with Gasteiger partial charge in [0.2, 0.25) is 11.8 Å². The van der Waals surface area contributed by atoms with Crippen LogP contribution in [0.5, 0.6) is 5.75 Å². The van der Waals surface area contributed by atoms with E-state index < -0.39 is 0 Å². The molecule has 1 aliphatic heterocycles. The van der Waals surface area contributed by atoms with Crippen LogP contribution in [0.15, 0.2) is 48.5 Å². The highest BCUT2D eigenvalue weighted by atomic mass is 35.5. The molecule has 0 aromatic heterocycles. The molecule has 1 aliphatic rings. The first kappa shape index (κ1) is 23.4. The number of likely N-dealkylation sites (tertiary alicyclic amines) is 1. The van der Waals surface area contributed by atoms with E-state index in [1.54, 1.807) is 18.2 Å². The quantitative estimate of drug-likeness (QED) is 0.541. The second-order valence-electron chi connectivity index (χ2n) is 7.56. The average molecular weight is 464 g/mol. The van der Waals surface area contributed by atoms with E-state index in [0.29, 0.717) is 41.8 Å². The van der Waals surface area contributed by atoms with Gasteiger partial charge in [-0.1, -0.05) is 41.4 Å². The van der Waals surface area contributed by atoms with Gasteiger partial charge in [-0.15, -0.1) is 0 Å². The van der Waals surface area contributed by atoms with Crippen LogP contribution in [-0.4, -0.2) is 49.0 Å². The van der Waals surface area contributed by atoms with E-state index in [9.17, 15) is 9.59 Å². The van der Waals surface area contributed by atoms with Crippen molar-refractivity contribution >= 4 is 40.7 Å². The first-order chi connectivity index (χ1) is 15.0. The SMILES string of the molecule is O=C(CN1CCC(NC(=O)CCCOc2ccc(Cl)cc2Cl)CC1)Nc1ccccc1. The van der Waals surface area contributed by atoms with Crippen molar-refractivity contribution in [1.29, 1.82) is 0 Å². The number of hydrogen-bond acceptors (Lipinski definition) is 4. The summed E-state index contributed by atoms with van der Waals surface area (Å²) in [7, 11) is 0. The molecule has 3 rings (SSSR count). The Labute approximate surface area is 192 Å². The van der Waals surface area contributed by atoms with Crippen LogP contribution in [0.25, 0.3) is 0 Å². The van der Waals surface area contributed by atoms with Gasteiger partial charge >= 0.3 is 0 Å². The summed E-state index contributed by atoms with van der Waals surface area (Å²) in [5, 5.41) is 7.00. The van der Waals surface area contributed by atoms with Gasteiger partial charge < -0.3 is 15.4 Å². The molecule has 8 heteroatoms. The molecule has 2 aromatic rings. The number of piperidine rings is 1. The van der Waals surface area contributed by atoms with Gasteiger partial charge in [0.15, 0.2) is 0 Å². The molecule has 1 saturated heterocycles. The maximum absolute atomic E-state index is 12.2. The Morgan fingerprint density at radius 2 is 1.77 bits per heavy atom. The summed E-state index contributed by atoms with van der Waals surface area (Å²) in [6.45, 7) is 2.33. The highest BCUT2D eigenvalue weighted by Crippen LogP contribution is 2.27. The molecule has 31 heavy (non-hydrogen) atoms. The highest BCUT2D eigenvalue weighted by Gasteiger charge is 2.22. The van der Waals surface area contributed by atoms with Crippen molar-refractivity contribution in [3.05, 3.63) is 58.6 Å². The molecule has 0 spiro atoms. The minimum atomic E-state index is -0.0190. The molecule has 0 atom stereocenters. The molecule has 0 unspecified atom stereocenters. The van der Waals surface area contributed by atoms with Gasteiger partial charge in [0, 0.05) is 36.3 Å². The Kier molecular flexibility index (Phi) is 9.00. The molecule has 166 valence electrons. The monoisotopic (exact) mass is 463 g/mol. The molecule has 2 aromatic carbocycles. The summed E-state index contributed by atoms with van der Waals surface area (Å²) in [6.07, 6.45) is 2.66. The summed E-state index contributed by atoms with van der Waals surface area (Å²) < 4.78 is 5.61. The Hall–Kier alpha value is -2.28. The molecular weight excluding hydrogens is 437 g/mol. The second kappa shape index (κ2) is 11.9. The smallest absolute Gasteiger partial charge is 0.238 e. The zero-order valence-electron chi connectivity index (χ0n) is 17.3.